The predicted octanol–water partition coefficient (Wildman–Crippen LogP) is 0.708. The minimum Gasteiger partial charge on any atom is -0.378 e. The van der Waals surface area contributed by atoms with Gasteiger partial charge < -0.3 is 9.64 Å². The highest BCUT2D eigenvalue weighted by atomic mass is 79.9. The van der Waals surface area contributed by atoms with Crippen molar-refractivity contribution in [2.45, 2.75) is 4.90 Å². The van der Waals surface area contributed by atoms with Crippen LogP contribution < -0.4 is 5.14 Å². The quantitative estimate of drug-likeness (QED) is 0.834. The van der Waals surface area contributed by atoms with Crippen molar-refractivity contribution < 1.29 is 22.3 Å². The van der Waals surface area contributed by atoms with Gasteiger partial charge in [-0.15, -0.1) is 0 Å². The summed E-state index contributed by atoms with van der Waals surface area (Å²) in [4.78, 5) is 13.3. The first kappa shape index (κ1) is 15.4. The number of nitrogens with zero attached hydrogens (tertiary/aromatic N) is 1. The molecule has 1 aromatic rings. The fourth-order valence-electron chi connectivity index (χ4n) is 1.86. The molecule has 1 aliphatic heterocycles. The van der Waals surface area contributed by atoms with Crippen molar-refractivity contribution >= 4 is 31.9 Å². The molecule has 0 radical (unpaired) electrons. The van der Waals surface area contributed by atoms with Crippen LogP contribution in [0.5, 0.6) is 0 Å². The number of carbonyl (C=O) groups excluding carboxylic acids is 1. The van der Waals surface area contributed by atoms with Crippen molar-refractivity contribution in [3.05, 3.63) is 28.0 Å². The van der Waals surface area contributed by atoms with Crippen LogP contribution >= 0.6 is 15.9 Å². The Hall–Kier alpha value is -1.03. The van der Waals surface area contributed by atoms with E-state index in [0.717, 1.165) is 12.1 Å². The largest absolute Gasteiger partial charge is 0.378 e. The van der Waals surface area contributed by atoms with Crippen LogP contribution in [0.4, 0.5) is 4.39 Å². The molecule has 0 atom stereocenters. The van der Waals surface area contributed by atoms with Crippen LogP contribution in [0.2, 0.25) is 0 Å². The predicted molar refractivity (Wildman–Crippen MR) is 72.2 cm³/mol. The molecule has 1 fully saturated rings. The van der Waals surface area contributed by atoms with E-state index in [4.69, 9.17) is 9.88 Å². The van der Waals surface area contributed by atoms with Crippen LogP contribution in [0.15, 0.2) is 21.5 Å². The van der Waals surface area contributed by atoms with Crippen molar-refractivity contribution in [1.29, 1.82) is 0 Å². The summed E-state index contributed by atoms with van der Waals surface area (Å²) >= 11 is 3.01. The Balaban J connectivity index is 2.46. The maximum atomic E-state index is 13.5. The Morgan fingerprint density at radius 3 is 2.50 bits per heavy atom. The van der Waals surface area contributed by atoms with E-state index in [2.05, 4.69) is 15.9 Å². The lowest BCUT2D eigenvalue weighted by atomic mass is 10.2. The number of morpholine rings is 1. The minimum absolute atomic E-state index is 0.0297. The maximum Gasteiger partial charge on any atom is 0.255 e. The normalized spacial score (nSPS) is 16.2. The van der Waals surface area contributed by atoms with Crippen molar-refractivity contribution in [2.75, 3.05) is 26.3 Å². The monoisotopic (exact) mass is 366 g/mol. The average molecular weight is 367 g/mol. The molecular weight excluding hydrogens is 355 g/mol. The smallest absolute Gasteiger partial charge is 0.255 e. The van der Waals surface area contributed by atoms with Gasteiger partial charge in [-0.1, -0.05) is 0 Å². The molecule has 1 aromatic carbocycles. The van der Waals surface area contributed by atoms with Crippen LogP contribution in [0.3, 0.4) is 0 Å². The van der Waals surface area contributed by atoms with E-state index in [9.17, 15) is 17.6 Å². The molecule has 1 aliphatic rings. The van der Waals surface area contributed by atoms with Crippen molar-refractivity contribution in [3.8, 4) is 0 Å². The van der Waals surface area contributed by atoms with Crippen LogP contribution in [-0.2, 0) is 14.8 Å². The molecule has 0 bridgehead atoms. The second-order valence-electron chi connectivity index (χ2n) is 4.22. The summed E-state index contributed by atoms with van der Waals surface area (Å²) in [5, 5.41) is 5.00. The molecule has 0 aliphatic carbocycles. The first-order chi connectivity index (χ1) is 9.30. The number of carbonyl (C=O) groups is 1. The third-order valence-electron chi connectivity index (χ3n) is 2.84. The number of halogens is 2. The number of ether oxygens (including phenoxy) is 1. The van der Waals surface area contributed by atoms with Gasteiger partial charge in [0.25, 0.3) is 5.91 Å². The number of benzene rings is 1. The van der Waals surface area contributed by atoms with Crippen LogP contribution in [0.25, 0.3) is 0 Å². The van der Waals surface area contributed by atoms with Gasteiger partial charge in [0.05, 0.1) is 28.1 Å². The molecule has 6 nitrogen and oxygen atoms in total. The highest BCUT2D eigenvalue weighted by Gasteiger charge is 2.25. The first-order valence-electron chi connectivity index (χ1n) is 5.69. The number of sulfonamides is 1. The zero-order valence-corrected chi connectivity index (χ0v) is 12.7. The van der Waals surface area contributed by atoms with Crippen LogP contribution in [-0.4, -0.2) is 45.5 Å². The molecule has 0 saturated carbocycles. The topological polar surface area (TPSA) is 89.7 Å². The van der Waals surface area contributed by atoms with Gasteiger partial charge in [-0.25, -0.2) is 17.9 Å². The molecule has 9 heteroatoms. The van der Waals surface area contributed by atoms with Gasteiger partial charge in [-0.2, -0.15) is 0 Å². The lowest BCUT2D eigenvalue weighted by molar-refractivity contribution is 0.0302. The SMILES string of the molecule is NS(=O)(=O)c1cc(F)cc(C(=O)N2CCOCC2)c1Br. The summed E-state index contributed by atoms with van der Waals surface area (Å²) in [5.74, 6) is -1.31. The minimum atomic E-state index is -4.13. The Morgan fingerprint density at radius 2 is 1.95 bits per heavy atom. The summed E-state index contributed by atoms with van der Waals surface area (Å²) in [6.45, 7) is 1.51. The van der Waals surface area contributed by atoms with Crippen LogP contribution in [0, 0.1) is 5.82 Å². The van der Waals surface area contributed by atoms with E-state index in [-0.39, 0.29) is 10.0 Å². The fraction of sp³-hybridized carbons (Fsp3) is 0.364. The van der Waals surface area contributed by atoms with Crippen LogP contribution in [0.1, 0.15) is 10.4 Å². The molecule has 110 valence electrons. The van der Waals surface area contributed by atoms with E-state index in [1.54, 1.807) is 0 Å². The number of hydrogen-bond acceptors (Lipinski definition) is 4. The third kappa shape index (κ3) is 3.17. The highest BCUT2D eigenvalue weighted by molar-refractivity contribution is 9.10. The van der Waals surface area contributed by atoms with Gasteiger partial charge in [0, 0.05) is 13.1 Å². The molecule has 1 amide bonds. The standard InChI is InChI=1S/C11H12BrFN2O4S/c12-10-8(11(16)15-1-3-19-4-2-15)5-7(13)6-9(10)20(14,17)18/h5-6H,1-4H2,(H2,14,17,18). The lowest BCUT2D eigenvalue weighted by Crippen LogP contribution is -2.41. The summed E-state index contributed by atoms with van der Waals surface area (Å²) in [7, 11) is -4.13. The molecular formula is C11H12BrFN2O4S. The number of primary sulfonamides is 1. The van der Waals surface area contributed by atoms with Crippen molar-refractivity contribution in [2.24, 2.45) is 5.14 Å². The second kappa shape index (κ2) is 5.76. The van der Waals surface area contributed by atoms with E-state index in [1.165, 1.54) is 4.90 Å². The highest BCUT2D eigenvalue weighted by Crippen LogP contribution is 2.27. The molecule has 0 spiro atoms. The van der Waals surface area contributed by atoms with E-state index >= 15 is 0 Å². The summed E-state index contributed by atoms with van der Waals surface area (Å²) in [6.07, 6.45) is 0. The summed E-state index contributed by atoms with van der Waals surface area (Å²) in [6, 6.07) is 1.76. The van der Waals surface area contributed by atoms with Gasteiger partial charge in [0.2, 0.25) is 10.0 Å². The lowest BCUT2D eigenvalue weighted by Gasteiger charge is -2.27. The Kier molecular flexibility index (Phi) is 4.43. The first-order valence-corrected chi connectivity index (χ1v) is 8.03. The van der Waals surface area contributed by atoms with E-state index in [1.807, 2.05) is 0 Å². The Labute approximate surface area is 123 Å². The van der Waals surface area contributed by atoms with Gasteiger partial charge in [0.15, 0.2) is 0 Å². The molecule has 2 rings (SSSR count). The Morgan fingerprint density at radius 1 is 1.35 bits per heavy atom. The molecule has 0 unspecified atom stereocenters. The van der Waals surface area contributed by atoms with Crippen molar-refractivity contribution in [1.82, 2.24) is 4.90 Å². The molecule has 2 N–H and O–H groups in total. The zero-order chi connectivity index (χ0) is 14.9. The zero-order valence-electron chi connectivity index (χ0n) is 10.3. The number of rotatable bonds is 2. The number of hydrogen-bond donors (Lipinski definition) is 1. The molecule has 1 saturated heterocycles. The van der Waals surface area contributed by atoms with E-state index < -0.39 is 26.6 Å². The van der Waals surface area contributed by atoms with Crippen molar-refractivity contribution in [3.63, 3.8) is 0 Å². The number of nitrogens with two attached hydrogens (primary N) is 1. The fourth-order valence-corrected chi connectivity index (χ4v) is 3.58. The second-order valence-corrected chi connectivity index (χ2v) is 6.54. The van der Waals surface area contributed by atoms with E-state index in [0.29, 0.717) is 26.3 Å². The molecule has 20 heavy (non-hydrogen) atoms. The molecule has 0 aromatic heterocycles. The Bertz CT molecular complexity index is 644. The maximum absolute atomic E-state index is 13.5. The number of amides is 1. The third-order valence-corrected chi connectivity index (χ3v) is 4.89. The van der Waals surface area contributed by atoms with Gasteiger partial charge in [0.1, 0.15) is 5.82 Å². The van der Waals surface area contributed by atoms with Gasteiger partial charge >= 0.3 is 0 Å². The summed E-state index contributed by atoms with van der Waals surface area (Å²) < 4.78 is 41.4. The van der Waals surface area contributed by atoms with Gasteiger partial charge in [-0.3, -0.25) is 4.79 Å². The van der Waals surface area contributed by atoms with Gasteiger partial charge in [-0.05, 0) is 28.1 Å². The average Bonchev–Trinajstić information content (AvgIpc) is 2.40. The summed E-state index contributed by atoms with van der Waals surface area (Å²) in [5.41, 5.74) is -0.0732. The molecule has 1 heterocycles.